The Kier molecular flexibility index (Phi) is 8.34. The minimum Gasteiger partial charge on any atom is -1.00 e. The zero-order valence-electron chi connectivity index (χ0n) is 17.4. The summed E-state index contributed by atoms with van der Waals surface area (Å²) in [6.07, 6.45) is -4.56. The third-order valence-electron chi connectivity index (χ3n) is 4.20. The summed E-state index contributed by atoms with van der Waals surface area (Å²) in [6.45, 7) is 0. The summed E-state index contributed by atoms with van der Waals surface area (Å²) in [6, 6.07) is 14.5. The molecule has 0 radical (unpaired) electrons. The van der Waals surface area contributed by atoms with Crippen LogP contribution in [-0.4, -0.2) is 25.9 Å². The van der Waals surface area contributed by atoms with Crippen LogP contribution in [-0.2, 0) is 26.4 Å². The molecule has 2 N–H and O–H groups in total. The molecule has 0 saturated heterocycles. The SMILES string of the molecule is O=S(=O)(O)c1cccc(P(c2ccc(C(F)(F)F)cc2)c2cccc(S(=O)(=O)O)c2)c1.[H-].[Na+]. The minimum atomic E-state index is -4.56. The molecule has 3 aromatic rings. The maximum atomic E-state index is 13.0. The Bertz CT molecular complexity index is 1260. The Morgan fingerprint density at radius 3 is 1.44 bits per heavy atom. The van der Waals surface area contributed by atoms with Crippen LogP contribution in [0.15, 0.2) is 82.6 Å². The van der Waals surface area contributed by atoms with Gasteiger partial charge in [-0.2, -0.15) is 30.0 Å². The summed E-state index contributed by atoms with van der Waals surface area (Å²) in [4.78, 5) is -0.842. The first-order chi connectivity index (χ1) is 14.3. The second kappa shape index (κ2) is 9.90. The molecule has 0 fully saturated rings. The average molecular weight is 514 g/mol. The zero-order chi connectivity index (χ0) is 23.0. The molecule has 13 heteroatoms. The van der Waals surface area contributed by atoms with Gasteiger partial charge in [-0.3, -0.25) is 9.11 Å². The van der Waals surface area contributed by atoms with Crippen LogP contribution >= 0.6 is 7.92 Å². The summed E-state index contributed by atoms with van der Waals surface area (Å²) in [5.41, 5.74) is -0.885. The van der Waals surface area contributed by atoms with E-state index in [1.54, 1.807) is 0 Å². The van der Waals surface area contributed by atoms with E-state index in [4.69, 9.17) is 0 Å². The van der Waals surface area contributed by atoms with Gasteiger partial charge in [-0.05, 0) is 60.2 Å². The van der Waals surface area contributed by atoms with Gasteiger partial charge in [-0.25, -0.2) is 0 Å². The average Bonchev–Trinajstić information content (AvgIpc) is 2.67. The number of rotatable bonds is 5. The quantitative estimate of drug-likeness (QED) is 0.284. The van der Waals surface area contributed by atoms with E-state index in [0.717, 1.165) is 24.3 Å². The molecule has 166 valence electrons. The van der Waals surface area contributed by atoms with Crippen LogP contribution in [0.3, 0.4) is 0 Å². The first-order valence-electron chi connectivity index (χ1n) is 8.39. The van der Waals surface area contributed by atoms with Gasteiger partial charge in [-0.1, -0.05) is 36.4 Å². The van der Waals surface area contributed by atoms with Crippen molar-refractivity contribution in [2.45, 2.75) is 16.0 Å². The monoisotopic (exact) mass is 514 g/mol. The fourth-order valence-electron chi connectivity index (χ4n) is 2.81. The van der Waals surface area contributed by atoms with Crippen LogP contribution in [0.1, 0.15) is 6.99 Å². The molecule has 0 aliphatic heterocycles. The van der Waals surface area contributed by atoms with Crippen LogP contribution in [0.25, 0.3) is 0 Å². The zero-order valence-corrected chi connectivity index (χ0v) is 20.9. The van der Waals surface area contributed by atoms with E-state index in [1.165, 1.54) is 48.5 Å². The molecule has 0 spiro atoms. The van der Waals surface area contributed by atoms with Crippen molar-refractivity contribution in [2.75, 3.05) is 0 Å². The van der Waals surface area contributed by atoms with Crippen LogP contribution < -0.4 is 45.5 Å². The molecule has 0 aliphatic rings. The van der Waals surface area contributed by atoms with Gasteiger partial charge >= 0.3 is 35.7 Å². The van der Waals surface area contributed by atoms with Gasteiger partial charge in [0.15, 0.2) is 0 Å². The van der Waals surface area contributed by atoms with E-state index < -0.39 is 49.7 Å². The third kappa shape index (κ3) is 6.39. The number of hydrogen-bond acceptors (Lipinski definition) is 4. The van der Waals surface area contributed by atoms with Crippen molar-refractivity contribution in [2.24, 2.45) is 0 Å². The van der Waals surface area contributed by atoms with Gasteiger partial charge in [0.25, 0.3) is 20.2 Å². The summed E-state index contributed by atoms with van der Waals surface area (Å²) >= 11 is 0. The molecular weight excluding hydrogens is 499 g/mol. The number of halogens is 3. The molecule has 32 heavy (non-hydrogen) atoms. The van der Waals surface area contributed by atoms with Crippen LogP contribution in [0, 0.1) is 0 Å². The maximum Gasteiger partial charge on any atom is 1.00 e. The molecule has 6 nitrogen and oxygen atoms in total. The molecule has 0 unspecified atom stereocenters. The maximum absolute atomic E-state index is 13.0. The van der Waals surface area contributed by atoms with Crippen molar-refractivity contribution in [1.29, 1.82) is 0 Å². The van der Waals surface area contributed by atoms with Gasteiger partial charge in [0.2, 0.25) is 0 Å². The van der Waals surface area contributed by atoms with E-state index >= 15 is 0 Å². The molecule has 0 saturated carbocycles. The van der Waals surface area contributed by atoms with Crippen LogP contribution in [0.2, 0.25) is 0 Å². The molecule has 0 bridgehead atoms. The minimum absolute atomic E-state index is 0. The molecule has 0 heterocycles. The molecular formula is C19H15F3NaO6PS2. The Balaban J connectivity index is 0.00000272. The molecule has 0 aliphatic carbocycles. The molecule has 3 aromatic carbocycles. The van der Waals surface area contributed by atoms with Crippen molar-refractivity contribution in [1.82, 2.24) is 0 Å². The third-order valence-corrected chi connectivity index (χ3v) is 8.30. The summed E-state index contributed by atoms with van der Waals surface area (Å²) in [5.74, 6) is 0. The van der Waals surface area contributed by atoms with Gasteiger partial charge in [0.05, 0.1) is 15.4 Å². The fourth-order valence-corrected chi connectivity index (χ4v) is 6.39. The largest absolute Gasteiger partial charge is 1.00 e. The molecule has 3 rings (SSSR count). The Hall–Kier alpha value is -1.30. The van der Waals surface area contributed by atoms with Crippen molar-refractivity contribution < 1.29 is 70.1 Å². The summed E-state index contributed by atoms with van der Waals surface area (Å²) in [5, 5.41) is 1.03. The Morgan fingerprint density at radius 2 is 1.09 bits per heavy atom. The fraction of sp³-hybridized carbons (Fsp3) is 0.0526. The van der Waals surface area contributed by atoms with E-state index in [0.29, 0.717) is 15.9 Å². The molecule has 0 aromatic heterocycles. The van der Waals surface area contributed by atoms with Gasteiger partial charge in [0.1, 0.15) is 0 Å². The first kappa shape index (κ1) is 26.9. The van der Waals surface area contributed by atoms with E-state index in [-0.39, 0.29) is 31.0 Å². The van der Waals surface area contributed by atoms with Crippen molar-refractivity contribution in [3.05, 3.63) is 78.4 Å². The molecule has 0 amide bonds. The predicted octanol–water partition coefficient (Wildman–Crippen LogP) is 0.0735. The predicted molar refractivity (Wildman–Crippen MR) is 111 cm³/mol. The Morgan fingerprint density at radius 1 is 0.688 bits per heavy atom. The standard InChI is InChI=1S/C19H14F3O6PS2.Na.H/c20-19(21,22)13-7-9-14(10-8-13)29(15-3-1-5-17(11-15)30(23,24)25)16-4-2-6-18(12-16)31(26,27)28;;/h1-12H,(H,23,24,25)(H,26,27,28);;/q;+1;-1. The summed E-state index contributed by atoms with van der Waals surface area (Å²) in [7, 11) is -10.8. The van der Waals surface area contributed by atoms with Crippen LogP contribution in [0.5, 0.6) is 0 Å². The number of benzene rings is 3. The van der Waals surface area contributed by atoms with Gasteiger partial charge < -0.3 is 1.43 Å². The van der Waals surface area contributed by atoms with E-state index in [1.807, 2.05) is 0 Å². The molecule has 0 atom stereocenters. The first-order valence-corrected chi connectivity index (χ1v) is 12.6. The van der Waals surface area contributed by atoms with Crippen molar-refractivity contribution in [3.63, 3.8) is 0 Å². The summed E-state index contributed by atoms with van der Waals surface area (Å²) < 4.78 is 104. The van der Waals surface area contributed by atoms with Crippen LogP contribution in [0.4, 0.5) is 13.2 Å². The van der Waals surface area contributed by atoms with E-state index in [9.17, 15) is 39.1 Å². The van der Waals surface area contributed by atoms with Crippen molar-refractivity contribution in [3.8, 4) is 0 Å². The van der Waals surface area contributed by atoms with Crippen molar-refractivity contribution >= 4 is 44.1 Å². The number of alkyl halides is 3. The van der Waals surface area contributed by atoms with E-state index in [2.05, 4.69) is 0 Å². The normalized spacial score (nSPS) is 12.4. The Labute approximate surface area is 207 Å². The topological polar surface area (TPSA) is 109 Å². The van der Waals surface area contributed by atoms with Gasteiger partial charge in [-0.15, -0.1) is 0 Å². The number of hydrogen-bond donors (Lipinski definition) is 2. The van der Waals surface area contributed by atoms with Gasteiger partial charge in [0, 0.05) is 0 Å². The second-order valence-electron chi connectivity index (χ2n) is 6.32. The second-order valence-corrected chi connectivity index (χ2v) is 11.4. The smallest absolute Gasteiger partial charge is 1.00 e.